The van der Waals surface area contributed by atoms with Crippen LogP contribution in [0.15, 0.2) is 0 Å². The molecular weight excluding hydrogens is 180 g/mol. The van der Waals surface area contributed by atoms with Gasteiger partial charge in [0.15, 0.2) is 0 Å². The highest BCUT2D eigenvalue weighted by Crippen LogP contribution is 2.15. The van der Waals surface area contributed by atoms with Crippen molar-refractivity contribution in [3.63, 3.8) is 0 Å². The third-order valence-electron chi connectivity index (χ3n) is 2.23. The summed E-state index contributed by atoms with van der Waals surface area (Å²) >= 11 is 0. The van der Waals surface area contributed by atoms with Gasteiger partial charge < -0.3 is 15.8 Å². The minimum absolute atomic E-state index is 0.301. The van der Waals surface area contributed by atoms with E-state index in [0.717, 1.165) is 13.0 Å². The second-order valence-electron chi connectivity index (χ2n) is 4.08. The molecule has 3 N–H and O–H groups in total. The second-order valence-corrected chi connectivity index (χ2v) is 4.08. The van der Waals surface area contributed by atoms with E-state index in [9.17, 15) is 4.79 Å². The van der Waals surface area contributed by atoms with Crippen LogP contribution in [0, 0.1) is 0 Å². The van der Waals surface area contributed by atoms with Crippen LogP contribution < -0.4 is 11.1 Å². The monoisotopic (exact) mass is 202 g/mol. The lowest BCUT2D eigenvalue weighted by Crippen LogP contribution is -2.46. The summed E-state index contributed by atoms with van der Waals surface area (Å²) in [6.45, 7) is 6.73. The molecular formula is C10H22N2O2. The van der Waals surface area contributed by atoms with Crippen LogP contribution in [0.2, 0.25) is 0 Å². The standard InChI is InChI=1S/C10H22N2O2/c1-5-6-12-8(9(11)13)7-10(2,3)14-4/h8,12H,5-7H2,1-4H3,(H2,11,13). The van der Waals surface area contributed by atoms with E-state index in [2.05, 4.69) is 5.32 Å². The fraction of sp³-hybridized carbons (Fsp3) is 0.900. The van der Waals surface area contributed by atoms with Gasteiger partial charge in [0, 0.05) is 13.5 Å². The lowest BCUT2D eigenvalue weighted by molar-refractivity contribution is -0.121. The molecule has 0 rings (SSSR count). The van der Waals surface area contributed by atoms with Gasteiger partial charge >= 0.3 is 0 Å². The molecule has 4 heteroatoms. The number of carbonyl (C=O) groups is 1. The number of nitrogens with one attached hydrogen (secondary N) is 1. The Morgan fingerprint density at radius 1 is 1.57 bits per heavy atom. The molecule has 0 bridgehead atoms. The zero-order valence-electron chi connectivity index (χ0n) is 9.59. The summed E-state index contributed by atoms with van der Waals surface area (Å²) < 4.78 is 5.25. The van der Waals surface area contributed by atoms with Gasteiger partial charge in [-0.15, -0.1) is 0 Å². The summed E-state index contributed by atoms with van der Waals surface area (Å²) in [6, 6.07) is -0.301. The predicted molar refractivity (Wildman–Crippen MR) is 57.0 cm³/mol. The van der Waals surface area contributed by atoms with Crippen LogP contribution in [-0.2, 0) is 9.53 Å². The van der Waals surface area contributed by atoms with Crippen LogP contribution in [0.3, 0.4) is 0 Å². The number of rotatable bonds is 7. The predicted octanol–water partition coefficient (Wildman–Crippen LogP) is 0.655. The van der Waals surface area contributed by atoms with Gasteiger partial charge in [0.2, 0.25) is 5.91 Å². The summed E-state index contributed by atoms with van der Waals surface area (Å²) in [7, 11) is 1.64. The Morgan fingerprint density at radius 2 is 2.14 bits per heavy atom. The summed E-state index contributed by atoms with van der Waals surface area (Å²) in [5.41, 5.74) is 4.96. The molecule has 0 saturated carbocycles. The third kappa shape index (κ3) is 5.19. The van der Waals surface area contributed by atoms with Crippen LogP contribution in [-0.4, -0.2) is 31.2 Å². The molecule has 0 aromatic carbocycles. The molecule has 0 aliphatic heterocycles. The molecule has 0 aromatic rings. The lowest BCUT2D eigenvalue weighted by atomic mass is 9.98. The molecule has 0 fully saturated rings. The number of nitrogens with two attached hydrogens (primary N) is 1. The van der Waals surface area contributed by atoms with E-state index >= 15 is 0 Å². The van der Waals surface area contributed by atoms with Gasteiger partial charge in [0.25, 0.3) is 0 Å². The van der Waals surface area contributed by atoms with Gasteiger partial charge in [-0.05, 0) is 26.8 Å². The van der Waals surface area contributed by atoms with Crippen LogP contribution in [0.25, 0.3) is 0 Å². The molecule has 0 aliphatic carbocycles. The maximum absolute atomic E-state index is 11.1. The average Bonchev–Trinajstić information content (AvgIpc) is 2.12. The molecule has 1 unspecified atom stereocenters. The Morgan fingerprint density at radius 3 is 2.50 bits per heavy atom. The quantitative estimate of drug-likeness (QED) is 0.637. The van der Waals surface area contributed by atoms with Crippen LogP contribution >= 0.6 is 0 Å². The number of primary amides is 1. The van der Waals surface area contributed by atoms with E-state index < -0.39 is 0 Å². The molecule has 14 heavy (non-hydrogen) atoms. The second kappa shape index (κ2) is 5.98. The van der Waals surface area contributed by atoms with E-state index in [1.807, 2.05) is 20.8 Å². The van der Waals surface area contributed by atoms with Crippen LogP contribution in [0.5, 0.6) is 0 Å². The maximum Gasteiger partial charge on any atom is 0.234 e. The third-order valence-corrected chi connectivity index (χ3v) is 2.23. The van der Waals surface area contributed by atoms with Crippen LogP contribution in [0.4, 0.5) is 0 Å². The number of hydrogen-bond acceptors (Lipinski definition) is 3. The van der Waals surface area contributed by atoms with Crippen molar-refractivity contribution in [2.75, 3.05) is 13.7 Å². The number of methoxy groups -OCH3 is 1. The maximum atomic E-state index is 11.1. The number of hydrogen-bond donors (Lipinski definition) is 2. The zero-order valence-corrected chi connectivity index (χ0v) is 9.59. The molecule has 84 valence electrons. The smallest absolute Gasteiger partial charge is 0.234 e. The first-order valence-electron chi connectivity index (χ1n) is 5.00. The Balaban J connectivity index is 4.15. The van der Waals surface area contributed by atoms with Gasteiger partial charge in [-0.2, -0.15) is 0 Å². The first-order valence-corrected chi connectivity index (χ1v) is 5.00. The van der Waals surface area contributed by atoms with Crippen molar-refractivity contribution in [1.82, 2.24) is 5.32 Å². The molecule has 0 radical (unpaired) electrons. The van der Waals surface area contributed by atoms with E-state index in [-0.39, 0.29) is 17.6 Å². The number of carbonyl (C=O) groups excluding carboxylic acids is 1. The molecule has 4 nitrogen and oxygen atoms in total. The summed E-state index contributed by atoms with van der Waals surface area (Å²) in [4.78, 5) is 11.1. The molecule has 0 spiro atoms. The lowest BCUT2D eigenvalue weighted by Gasteiger charge is -2.27. The van der Waals surface area contributed by atoms with Gasteiger partial charge in [-0.1, -0.05) is 6.92 Å². The average molecular weight is 202 g/mol. The first kappa shape index (κ1) is 13.4. The summed E-state index contributed by atoms with van der Waals surface area (Å²) in [5, 5.41) is 3.10. The highest BCUT2D eigenvalue weighted by atomic mass is 16.5. The van der Waals surface area contributed by atoms with Crippen molar-refractivity contribution >= 4 is 5.91 Å². The van der Waals surface area contributed by atoms with Crippen molar-refractivity contribution in [3.05, 3.63) is 0 Å². The first-order chi connectivity index (χ1) is 6.43. The summed E-state index contributed by atoms with van der Waals surface area (Å²) in [6.07, 6.45) is 1.58. The van der Waals surface area contributed by atoms with E-state index in [1.165, 1.54) is 0 Å². The topological polar surface area (TPSA) is 64.3 Å². The zero-order chi connectivity index (χ0) is 11.2. The van der Waals surface area contributed by atoms with Crippen molar-refractivity contribution in [3.8, 4) is 0 Å². The highest BCUT2D eigenvalue weighted by Gasteiger charge is 2.25. The fourth-order valence-corrected chi connectivity index (χ4v) is 1.17. The van der Waals surface area contributed by atoms with Gasteiger partial charge in [-0.25, -0.2) is 0 Å². The van der Waals surface area contributed by atoms with Gasteiger partial charge in [0.1, 0.15) is 0 Å². The van der Waals surface area contributed by atoms with Crippen molar-refractivity contribution < 1.29 is 9.53 Å². The molecule has 1 amide bonds. The van der Waals surface area contributed by atoms with Gasteiger partial charge in [-0.3, -0.25) is 4.79 Å². The molecule has 0 aliphatic rings. The molecule has 0 heterocycles. The Bertz CT molecular complexity index is 181. The largest absolute Gasteiger partial charge is 0.379 e. The summed E-state index contributed by atoms with van der Waals surface area (Å²) in [5.74, 6) is -0.316. The Kier molecular flexibility index (Phi) is 5.72. The minimum atomic E-state index is -0.319. The van der Waals surface area contributed by atoms with Crippen molar-refractivity contribution in [1.29, 1.82) is 0 Å². The van der Waals surface area contributed by atoms with Gasteiger partial charge in [0.05, 0.1) is 11.6 Å². The van der Waals surface area contributed by atoms with Crippen LogP contribution in [0.1, 0.15) is 33.6 Å². The van der Waals surface area contributed by atoms with E-state index in [0.29, 0.717) is 6.42 Å². The number of ether oxygens (including phenoxy) is 1. The Hall–Kier alpha value is -0.610. The SMILES string of the molecule is CCCNC(CC(C)(C)OC)C(N)=O. The normalized spacial score (nSPS) is 14.0. The van der Waals surface area contributed by atoms with Crippen molar-refractivity contribution in [2.24, 2.45) is 5.73 Å². The number of amides is 1. The van der Waals surface area contributed by atoms with E-state index in [1.54, 1.807) is 7.11 Å². The highest BCUT2D eigenvalue weighted by molar-refractivity contribution is 5.79. The Labute approximate surface area is 86.2 Å². The minimum Gasteiger partial charge on any atom is -0.379 e. The fourth-order valence-electron chi connectivity index (χ4n) is 1.17. The molecule has 0 saturated heterocycles. The van der Waals surface area contributed by atoms with Crippen molar-refractivity contribution in [2.45, 2.75) is 45.3 Å². The van der Waals surface area contributed by atoms with E-state index in [4.69, 9.17) is 10.5 Å². The molecule has 0 aromatic heterocycles. The molecule has 1 atom stereocenters.